The van der Waals surface area contributed by atoms with Crippen molar-refractivity contribution >= 4 is 27.5 Å². The van der Waals surface area contributed by atoms with E-state index >= 15 is 0 Å². The first-order valence-corrected chi connectivity index (χ1v) is 7.12. The minimum absolute atomic E-state index is 0.0292. The number of para-hydroxylation sites is 1. The Morgan fingerprint density at radius 1 is 1.53 bits per heavy atom. The first-order valence-electron chi connectivity index (χ1n) is 6.33. The fraction of sp³-hybridized carbons (Fsp3) is 0.429. The Balaban J connectivity index is 2.37. The van der Waals surface area contributed by atoms with Gasteiger partial charge in [0.15, 0.2) is 0 Å². The van der Waals surface area contributed by atoms with Crippen LogP contribution in [0.4, 0.5) is 5.69 Å². The van der Waals surface area contributed by atoms with Crippen molar-refractivity contribution < 1.29 is 4.79 Å². The van der Waals surface area contributed by atoms with Crippen molar-refractivity contribution in [3.05, 3.63) is 28.7 Å². The molecule has 2 atom stereocenters. The van der Waals surface area contributed by atoms with Crippen molar-refractivity contribution in [3.8, 4) is 6.07 Å². The van der Waals surface area contributed by atoms with Gasteiger partial charge in [-0.25, -0.2) is 0 Å². The van der Waals surface area contributed by atoms with Crippen LogP contribution in [0.25, 0.3) is 0 Å². The molecule has 0 aliphatic carbocycles. The molecule has 19 heavy (non-hydrogen) atoms. The molecule has 1 aliphatic rings. The van der Waals surface area contributed by atoms with Gasteiger partial charge < -0.3 is 10.2 Å². The van der Waals surface area contributed by atoms with Gasteiger partial charge in [-0.1, -0.05) is 12.1 Å². The van der Waals surface area contributed by atoms with Crippen LogP contribution < -0.4 is 10.2 Å². The minimum atomic E-state index is -0.415. The van der Waals surface area contributed by atoms with Gasteiger partial charge in [0.1, 0.15) is 6.04 Å². The molecule has 0 spiro atoms. The molecule has 0 saturated carbocycles. The van der Waals surface area contributed by atoms with Crippen LogP contribution in [0.15, 0.2) is 28.7 Å². The zero-order valence-corrected chi connectivity index (χ0v) is 12.4. The zero-order chi connectivity index (χ0) is 13.8. The fourth-order valence-corrected chi connectivity index (χ4v) is 2.80. The van der Waals surface area contributed by atoms with Crippen LogP contribution in [0.1, 0.15) is 19.8 Å². The number of halogens is 1. The SMILES string of the molecule is CC1CCNC(CC#N)C(=O)N1c1ccccc1Br. The quantitative estimate of drug-likeness (QED) is 0.910. The van der Waals surface area contributed by atoms with Crippen molar-refractivity contribution in [2.75, 3.05) is 11.4 Å². The lowest BCUT2D eigenvalue weighted by molar-refractivity contribution is -0.120. The predicted octanol–water partition coefficient (Wildman–Crippen LogP) is 2.45. The molecular weight excluding hydrogens is 306 g/mol. The Hall–Kier alpha value is -1.38. The summed E-state index contributed by atoms with van der Waals surface area (Å²) in [5, 5.41) is 12.0. The molecule has 1 aromatic carbocycles. The van der Waals surface area contributed by atoms with Gasteiger partial charge in [0.25, 0.3) is 0 Å². The van der Waals surface area contributed by atoms with E-state index in [9.17, 15) is 4.79 Å². The number of amides is 1. The third-order valence-corrected chi connectivity index (χ3v) is 4.01. The van der Waals surface area contributed by atoms with Crippen molar-refractivity contribution in [1.82, 2.24) is 5.32 Å². The van der Waals surface area contributed by atoms with E-state index in [1.165, 1.54) is 0 Å². The number of nitrogens with zero attached hydrogens (tertiary/aromatic N) is 2. The summed E-state index contributed by atoms with van der Waals surface area (Å²) in [4.78, 5) is 14.4. The summed E-state index contributed by atoms with van der Waals surface area (Å²) in [7, 11) is 0. The van der Waals surface area contributed by atoms with Crippen molar-refractivity contribution in [2.45, 2.75) is 31.8 Å². The summed E-state index contributed by atoms with van der Waals surface area (Å²) in [6.45, 7) is 2.79. The number of nitriles is 1. The summed E-state index contributed by atoms with van der Waals surface area (Å²) in [5.74, 6) is -0.0292. The number of carbonyl (C=O) groups is 1. The second-order valence-electron chi connectivity index (χ2n) is 4.67. The molecule has 2 unspecified atom stereocenters. The van der Waals surface area contributed by atoms with Crippen LogP contribution in [0.5, 0.6) is 0 Å². The number of carbonyl (C=O) groups excluding carboxylic acids is 1. The van der Waals surface area contributed by atoms with Crippen LogP contribution in [0.2, 0.25) is 0 Å². The Morgan fingerprint density at radius 2 is 2.26 bits per heavy atom. The molecule has 5 heteroatoms. The van der Waals surface area contributed by atoms with Gasteiger partial charge in [-0.3, -0.25) is 4.79 Å². The van der Waals surface area contributed by atoms with Crippen LogP contribution in [-0.2, 0) is 4.79 Å². The van der Waals surface area contributed by atoms with E-state index in [4.69, 9.17) is 5.26 Å². The van der Waals surface area contributed by atoms with E-state index in [0.717, 1.165) is 23.1 Å². The summed E-state index contributed by atoms with van der Waals surface area (Å²) in [6, 6.07) is 9.46. The van der Waals surface area contributed by atoms with Crippen LogP contribution in [0, 0.1) is 11.3 Å². The fourth-order valence-electron chi connectivity index (χ4n) is 2.32. The number of rotatable bonds is 2. The molecular formula is C14H16BrN3O. The lowest BCUT2D eigenvalue weighted by Gasteiger charge is -2.29. The molecule has 2 rings (SSSR count). The molecule has 0 radical (unpaired) electrons. The highest BCUT2D eigenvalue weighted by molar-refractivity contribution is 9.10. The number of benzene rings is 1. The second-order valence-corrected chi connectivity index (χ2v) is 5.52. The highest BCUT2D eigenvalue weighted by atomic mass is 79.9. The van der Waals surface area contributed by atoms with Gasteiger partial charge in [0, 0.05) is 10.5 Å². The molecule has 1 aliphatic heterocycles. The smallest absolute Gasteiger partial charge is 0.245 e. The number of hydrogen-bond acceptors (Lipinski definition) is 3. The van der Waals surface area contributed by atoms with Gasteiger partial charge in [-0.05, 0) is 48.0 Å². The molecule has 100 valence electrons. The van der Waals surface area contributed by atoms with Crippen LogP contribution in [0.3, 0.4) is 0 Å². The van der Waals surface area contributed by atoms with Gasteiger partial charge in [0.2, 0.25) is 5.91 Å². The largest absolute Gasteiger partial charge is 0.307 e. The highest BCUT2D eigenvalue weighted by Crippen LogP contribution is 2.29. The molecule has 1 aromatic rings. The molecule has 1 saturated heterocycles. The summed E-state index contributed by atoms with van der Waals surface area (Å²) >= 11 is 3.49. The minimum Gasteiger partial charge on any atom is -0.307 e. The van der Waals surface area contributed by atoms with Gasteiger partial charge in [-0.15, -0.1) is 0 Å². The van der Waals surface area contributed by atoms with E-state index < -0.39 is 6.04 Å². The zero-order valence-electron chi connectivity index (χ0n) is 10.8. The van der Waals surface area contributed by atoms with Crippen molar-refractivity contribution in [1.29, 1.82) is 5.26 Å². The van der Waals surface area contributed by atoms with E-state index in [1.807, 2.05) is 31.2 Å². The molecule has 1 fully saturated rings. The third-order valence-electron chi connectivity index (χ3n) is 3.34. The van der Waals surface area contributed by atoms with E-state index in [0.29, 0.717) is 0 Å². The van der Waals surface area contributed by atoms with Crippen LogP contribution >= 0.6 is 15.9 Å². The Kier molecular flexibility index (Phi) is 4.56. The molecule has 0 bridgehead atoms. The van der Waals surface area contributed by atoms with Gasteiger partial charge >= 0.3 is 0 Å². The second kappa shape index (κ2) is 6.18. The molecule has 0 aromatic heterocycles. The maximum absolute atomic E-state index is 12.6. The highest BCUT2D eigenvalue weighted by Gasteiger charge is 2.32. The average Bonchev–Trinajstić information content (AvgIpc) is 2.52. The Bertz CT molecular complexity index is 512. The predicted molar refractivity (Wildman–Crippen MR) is 77.7 cm³/mol. The molecule has 4 nitrogen and oxygen atoms in total. The first kappa shape index (κ1) is 14.0. The van der Waals surface area contributed by atoms with Crippen molar-refractivity contribution in [2.24, 2.45) is 0 Å². The lowest BCUT2D eigenvalue weighted by atomic mass is 10.1. The number of hydrogen-bond donors (Lipinski definition) is 1. The van der Waals surface area contributed by atoms with Crippen molar-refractivity contribution in [3.63, 3.8) is 0 Å². The average molecular weight is 322 g/mol. The number of anilines is 1. The summed E-state index contributed by atoms with van der Waals surface area (Å²) < 4.78 is 0.896. The lowest BCUT2D eigenvalue weighted by Crippen LogP contribution is -2.46. The molecule has 1 amide bonds. The molecule has 1 heterocycles. The third kappa shape index (κ3) is 2.96. The summed E-state index contributed by atoms with van der Waals surface area (Å²) in [5.41, 5.74) is 0.867. The van der Waals surface area contributed by atoms with E-state index in [2.05, 4.69) is 27.3 Å². The van der Waals surface area contributed by atoms with Gasteiger partial charge in [0.05, 0.1) is 18.2 Å². The van der Waals surface area contributed by atoms with Crippen LogP contribution in [-0.4, -0.2) is 24.5 Å². The Morgan fingerprint density at radius 3 is 2.95 bits per heavy atom. The molecule has 1 N–H and O–H groups in total. The number of nitrogens with one attached hydrogen (secondary N) is 1. The maximum Gasteiger partial charge on any atom is 0.245 e. The standard InChI is InChI=1S/C14H16BrN3O/c1-10-7-9-17-12(6-8-16)14(19)18(10)13-5-3-2-4-11(13)15/h2-5,10,12,17H,6-7,9H2,1H3. The monoisotopic (exact) mass is 321 g/mol. The normalized spacial score (nSPS) is 23.8. The maximum atomic E-state index is 12.6. The Labute approximate surface area is 121 Å². The van der Waals surface area contributed by atoms with E-state index in [1.54, 1.807) is 4.90 Å². The topological polar surface area (TPSA) is 56.1 Å². The van der Waals surface area contributed by atoms with E-state index in [-0.39, 0.29) is 18.4 Å². The summed E-state index contributed by atoms with van der Waals surface area (Å²) in [6.07, 6.45) is 1.07. The van der Waals surface area contributed by atoms with Gasteiger partial charge in [-0.2, -0.15) is 5.26 Å². The first-order chi connectivity index (χ1) is 9.15.